The zero-order valence-corrected chi connectivity index (χ0v) is 80.1. The van der Waals surface area contributed by atoms with Crippen molar-refractivity contribution in [3.05, 3.63) is 613 Å². The van der Waals surface area contributed by atoms with Gasteiger partial charge in [0.15, 0.2) is 5.82 Å². The van der Waals surface area contributed by atoms with Crippen LogP contribution in [-0.2, 0) is 16.2 Å². The normalized spacial score (nSPS) is 13.1. The van der Waals surface area contributed by atoms with Gasteiger partial charge in [0.25, 0.3) is 0 Å². The highest BCUT2D eigenvalue weighted by atomic mass is 14.9. The number of hydrogen-bond donors (Lipinski definition) is 0. The van der Waals surface area contributed by atoms with Gasteiger partial charge in [-0.05, 0) is 227 Å². The lowest BCUT2D eigenvalue weighted by atomic mass is 9.67. The van der Waals surface area contributed by atoms with Crippen LogP contribution in [0.4, 0.5) is 0 Å². The summed E-state index contributed by atoms with van der Waals surface area (Å²) in [5.41, 5.74) is 36.4. The second-order valence-electron chi connectivity index (χ2n) is 38.8. The quantitative estimate of drug-likeness (QED) is 0.113. The van der Waals surface area contributed by atoms with Crippen LogP contribution in [0, 0.1) is 0 Å². The fraction of sp³-hybridized carbons (Fsp3) is 0.0213. The monoisotopic (exact) mass is 1870 g/mol. The van der Waals surface area contributed by atoms with Crippen LogP contribution < -0.4 is 0 Å². The van der Waals surface area contributed by atoms with Gasteiger partial charge in [-0.25, -0.2) is 29.9 Å². The highest BCUT2D eigenvalue weighted by Crippen LogP contribution is 2.62. The molecule has 0 bridgehead atoms. The molecular weight excluding hydrogens is 1780 g/mol. The first-order chi connectivity index (χ1) is 72.9. The van der Waals surface area contributed by atoms with Crippen LogP contribution in [0.25, 0.3) is 199 Å². The maximum Gasteiger partial charge on any atom is 0.160 e. The van der Waals surface area contributed by atoms with E-state index in [1.54, 1.807) is 0 Å². The highest BCUT2D eigenvalue weighted by molar-refractivity contribution is 6.14. The summed E-state index contributed by atoms with van der Waals surface area (Å²) in [7, 11) is 0. The van der Waals surface area contributed by atoms with Crippen molar-refractivity contribution >= 4 is 97.6 Å². The molecule has 0 fully saturated rings. The zero-order chi connectivity index (χ0) is 97.1. The predicted molar refractivity (Wildman–Crippen MR) is 608 cm³/mol. The topological polar surface area (TPSA) is 77.3 Å². The van der Waals surface area contributed by atoms with Crippen molar-refractivity contribution in [3.8, 4) is 101 Å². The third kappa shape index (κ3) is 13.9. The summed E-state index contributed by atoms with van der Waals surface area (Å²) >= 11 is 0. The molecule has 0 radical (unpaired) electrons. The Morgan fingerprint density at radius 1 is 0.136 bits per heavy atom. The van der Waals surface area contributed by atoms with E-state index in [1.807, 2.05) is 0 Å². The molecule has 24 aromatic carbocycles. The van der Waals surface area contributed by atoms with E-state index in [1.165, 1.54) is 138 Å². The maximum atomic E-state index is 5.50. The average Bonchev–Trinajstić information content (AvgIpc) is 1.54. The number of fused-ring (bicyclic) bond motifs is 21. The number of hydrogen-bond acceptors (Lipinski definition) is 6. The van der Waals surface area contributed by atoms with Crippen molar-refractivity contribution in [1.29, 1.82) is 0 Å². The molecule has 147 heavy (non-hydrogen) atoms. The Morgan fingerprint density at radius 2 is 0.381 bits per heavy atom. The van der Waals surface area contributed by atoms with E-state index in [-0.39, 0.29) is 0 Å². The van der Waals surface area contributed by atoms with Gasteiger partial charge in [-0.3, -0.25) is 0 Å². The minimum absolute atomic E-state index is 0.525. The smallest absolute Gasteiger partial charge is 0.160 e. The van der Waals surface area contributed by atoms with Crippen molar-refractivity contribution in [2.45, 2.75) is 16.2 Å². The van der Waals surface area contributed by atoms with Crippen LogP contribution in [0.5, 0.6) is 0 Å². The maximum absolute atomic E-state index is 5.50. The number of benzene rings is 24. The molecule has 684 valence electrons. The third-order valence-corrected chi connectivity index (χ3v) is 30.9. The second kappa shape index (κ2) is 35.2. The van der Waals surface area contributed by atoms with Gasteiger partial charge in [0.05, 0.1) is 72.3 Å². The van der Waals surface area contributed by atoms with Gasteiger partial charge in [0.2, 0.25) is 0 Å². The van der Waals surface area contributed by atoms with Crippen molar-refractivity contribution < 1.29 is 0 Å². The molecule has 0 N–H and O–H groups in total. The van der Waals surface area contributed by atoms with Gasteiger partial charge in [0, 0.05) is 49.5 Å². The van der Waals surface area contributed by atoms with E-state index in [0.717, 1.165) is 128 Å². The zero-order valence-electron chi connectivity index (χ0n) is 80.1. The Labute approximate surface area is 851 Å². The second-order valence-corrected chi connectivity index (χ2v) is 38.8. The van der Waals surface area contributed by atoms with Crippen molar-refractivity contribution in [3.63, 3.8) is 0 Å². The fourth-order valence-electron chi connectivity index (χ4n) is 24.4. The SMILES string of the molecule is c1ccc(-c2nc(-c3ccc4c(c3)C(c3ccccc3)(c3ccccc3)c3cc5ccccc5cc3-4)nc3ccc4ccccc4c23)cc1.c1ccc(-c2nc3c(ccc4ccccc43)nc2-c2ccc3c(c2)C(c2ccccc2)(c2ccccc2)c2cc4ccccc4cc2-3)cc1.c1ccc(-c2nc3ccc4ccccc4c3nc2-c2ccc3c(c2)C(c2ccccc2)(c2ccccc2)c2cc4ccccc4cc2-3)cc1. The third-order valence-electron chi connectivity index (χ3n) is 30.9. The Morgan fingerprint density at radius 3 is 0.728 bits per heavy atom. The Kier molecular flexibility index (Phi) is 20.6. The summed E-state index contributed by atoms with van der Waals surface area (Å²) in [6, 6.07) is 197. The van der Waals surface area contributed by atoms with E-state index in [0.29, 0.717) is 0 Å². The number of rotatable bonds is 12. The van der Waals surface area contributed by atoms with Gasteiger partial charge in [0.1, 0.15) is 0 Å². The summed E-state index contributed by atoms with van der Waals surface area (Å²) in [4.78, 5) is 32.3. The summed E-state index contributed by atoms with van der Waals surface area (Å²) < 4.78 is 0. The number of aromatic nitrogens is 6. The number of nitrogens with zero attached hydrogens (tertiary/aromatic N) is 6. The van der Waals surface area contributed by atoms with E-state index in [2.05, 4.69) is 546 Å². The molecule has 0 atom stereocenters. The molecule has 0 spiro atoms. The molecule has 27 aromatic rings. The Balaban J connectivity index is 0.000000107. The molecule has 6 heteroatoms. The lowest BCUT2D eigenvalue weighted by Gasteiger charge is -2.34. The minimum Gasteiger partial charge on any atom is -0.244 e. The van der Waals surface area contributed by atoms with Crippen LogP contribution in [0.15, 0.2) is 546 Å². The Bertz CT molecular complexity index is 9780. The lowest BCUT2D eigenvalue weighted by Crippen LogP contribution is -2.28. The van der Waals surface area contributed by atoms with Crippen molar-refractivity contribution in [1.82, 2.24) is 29.9 Å². The van der Waals surface area contributed by atoms with Gasteiger partial charge in [-0.1, -0.05) is 473 Å². The molecule has 0 amide bonds. The minimum atomic E-state index is -0.531. The molecule has 6 nitrogen and oxygen atoms in total. The van der Waals surface area contributed by atoms with Gasteiger partial charge >= 0.3 is 0 Å². The fourth-order valence-corrected chi connectivity index (χ4v) is 24.4. The van der Waals surface area contributed by atoms with E-state index in [9.17, 15) is 0 Å². The van der Waals surface area contributed by atoms with E-state index in [4.69, 9.17) is 29.9 Å². The van der Waals surface area contributed by atoms with Crippen LogP contribution >= 0.6 is 0 Å². The summed E-state index contributed by atoms with van der Waals surface area (Å²) in [6.07, 6.45) is 0. The molecule has 0 saturated heterocycles. The average molecular weight is 1870 g/mol. The molecule has 3 aliphatic rings. The molecule has 0 aliphatic heterocycles. The first kappa shape index (κ1) is 85.8. The van der Waals surface area contributed by atoms with Crippen LogP contribution in [0.2, 0.25) is 0 Å². The van der Waals surface area contributed by atoms with E-state index < -0.39 is 16.2 Å². The molecule has 3 heterocycles. The van der Waals surface area contributed by atoms with E-state index >= 15 is 0 Å². The standard InChI is InChI=1S/3C47H30N2/c1-4-15-32(16-5-1)45-44-38-23-13-12-14-31(38)25-27-43(44)48-46(49-45)35-24-26-39-40-28-33-17-10-11-18-34(33)29-42(40)47(41(39)30-35,36-19-6-2-7-20-36)37-21-8-3-9-22-37;1-4-15-32(16-5-1)44-45(48-43-27-25-31-14-12-13-23-38(31)46(43)49-44)35-24-26-39-40-28-33-17-10-11-18-34(33)29-42(40)47(41(39)30-35,36-19-6-2-7-20-36)37-21-8-3-9-22-37;1-4-15-32(16-5-1)44-45(49-46-38-23-13-12-14-31(38)25-27-43(46)48-44)35-24-26-39-40-28-33-17-10-11-18-34(33)29-42(40)47(41(39)30-35,36-19-6-2-7-20-36)37-21-8-3-9-22-37/h3*1-30H. The largest absolute Gasteiger partial charge is 0.244 e. The highest BCUT2D eigenvalue weighted by Gasteiger charge is 2.50. The lowest BCUT2D eigenvalue weighted by molar-refractivity contribution is 0.769. The summed E-state index contributed by atoms with van der Waals surface area (Å²) in [6.45, 7) is 0. The van der Waals surface area contributed by atoms with Gasteiger partial charge in [-0.2, -0.15) is 0 Å². The molecule has 0 saturated carbocycles. The van der Waals surface area contributed by atoms with Gasteiger partial charge in [-0.15, -0.1) is 0 Å². The summed E-state index contributed by atoms with van der Waals surface area (Å²) in [5.74, 6) is 0.723. The van der Waals surface area contributed by atoms with Crippen molar-refractivity contribution in [2.24, 2.45) is 0 Å². The first-order valence-corrected chi connectivity index (χ1v) is 50.5. The first-order valence-electron chi connectivity index (χ1n) is 50.5. The molecule has 3 aliphatic carbocycles. The van der Waals surface area contributed by atoms with Crippen LogP contribution in [0.3, 0.4) is 0 Å². The Hall–Kier alpha value is -19.1. The summed E-state index contributed by atoms with van der Waals surface area (Å²) in [5, 5.41) is 15.4. The molecular formula is C141H90N6. The van der Waals surface area contributed by atoms with Gasteiger partial charge < -0.3 is 0 Å². The predicted octanol–water partition coefficient (Wildman–Crippen LogP) is 34.9. The van der Waals surface area contributed by atoms with Crippen molar-refractivity contribution in [2.75, 3.05) is 0 Å². The molecule has 0 unspecified atom stereocenters. The van der Waals surface area contributed by atoms with Crippen LogP contribution in [0.1, 0.15) is 66.8 Å². The van der Waals surface area contributed by atoms with Crippen LogP contribution in [-0.4, -0.2) is 29.9 Å². The molecule has 3 aromatic heterocycles. The molecule has 30 rings (SSSR count).